The molecule has 1 fully saturated rings. The van der Waals surface area contributed by atoms with Gasteiger partial charge in [-0.15, -0.1) is 0 Å². The first-order valence-corrected chi connectivity index (χ1v) is 15.4. The van der Waals surface area contributed by atoms with Crippen LogP contribution in [0.25, 0.3) is 0 Å². The number of alkyl halides is 3. The molecule has 0 saturated carbocycles. The van der Waals surface area contributed by atoms with E-state index < -0.39 is 34.4 Å². The number of amides is 2. The van der Waals surface area contributed by atoms with Gasteiger partial charge in [0.15, 0.2) is 9.84 Å². The predicted molar refractivity (Wildman–Crippen MR) is 147 cm³/mol. The van der Waals surface area contributed by atoms with Gasteiger partial charge in [-0.25, -0.2) is 8.42 Å². The van der Waals surface area contributed by atoms with Gasteiger partial charge in [0.1, 0.15) is 6.42 Å². The van der Waals surface area contributed by atoms with Crippen molar-refractivity contribution in [1.82, 2.24) is 15.1 Å². The Morgan fingerprint density at radius 2 is 1.65 bits per heavy atom. The molecule has 40 heavy (non-hydrogen) atoms. The molecule has 1 saturated heterocycles. The maximum absolute atomic E-state index is 13.1. The molecule has 0 aliphatic carbocycles. The zero-order valence-electron chi connectivity index (χ0n) is 23.2. The standard InChI is InChI=1S/C29H38F3N3O4S/c1-4-35(28(37)19-22-10-12-25(13-11-22)40(3,38)39)24-14-16-34(17-15-24)21(2)18-26(23-8-6-5-7-9-23)33-27(36)20-29(30,31)32/h5-13,21,24,26H,4,14-20H2,1-3H3,(H,33,36)/t21-,26?/m0/s1. The first-order chi connectivity index (χ1) is 18.8. The van der Waals surface area contributed by atoms with Crippen LogP contribution in [0.5, 0.6) is 0 Å². The van der Waals surface area contributed by atoms with E-state index >= 15 is 0 Å². The molecule has 0 radical (unpaired) electrons. The van der Waals surface area contributed by atoms with E-state index in [4.69, 9.17) is 0 Å². The van der Waals surface area contributed by atoms with Gasteiger partial charge in [-0.2, -0.15) is 13.2 Å². The molecule has 2 atom stereocenters. The minimum Gasteiger partial charge on any atom is -0.349 e. The van der Waals surface area contributed by atoms with Gasteiger partial charge in [-0.05, 0) is 56.4 Å². The molecule has 1 aliphatic heterocycles. The summed E-state index contributed by atoms with van der Waals surface area (Å²) in [6.07, 6.45) is -2.78. The number of hydrogen-bond donors (Lipinski definition) is 1. The second kappa shape index (κ2) is 13.6. The molecule has 7 nitrogen and oxygen atoms in total. The summed E-state index contributed by atoms with van der Waals surface area (Å²) < 4.78 is 61.7. The molecule has 0 spiro atoms. The lowest BCUT2D eigenvalue weighted by molar-refractivity contribution is -0.154. The molecule has 2 aromatic carbocycles. The summed E-state index contributed by atoms with van der Waals surface area (Å²) in [4.78, 5) is 29.6. The van der Waals surface area contributed by atoms with Crippen molar-refractivity contribution < 1.29 is 31.2 Å². The van der Waals surface area contributed by atoms with Crippen molar-refractivity contribution >= 4 is 21.7 Å². The van der Waals surface area contributed by atoms with E-state index in [-0.39, 0.29) is 29.3 Å². The molecule has 3 rings (SSSR count). The van der Waals surface area contributed by atoms with Crippen LogP contribution in [-0.4, -0.2) is 74.2 Å². The molecular weight excluding hydrogens is 543 g/mol. The van der Waals surface area contributed by atoms with Crippen LogP contribution < -0.4 is 5.32 Å². The predicted octanol–water partition coefficient (Wildman–Crippen LogP) is 4.53. The number of likely N-dealkylation sites (N-methyl/N-ethyl adjacent to an activating group) is 1. The summed E-state index contributed by atoms with van der Waals surface area (Å²) in [5.74, 6) is -1.06. The molecule has 2 aromatic rings. The van der Waals surface area contributed by atoms with Crippen LogP contribution in [0, 0.1) is 0 Å². The molecule has 1 aliphatic rings. The first-order valence-electron chi connectivity index (χ1n) is 13.5. The number of rotatable bonds is 11. The number of piperidine rings is 1. The number of hydrogen-bond acceptors (Lipinski definition) is 5. The van der Waals surface area contributed by atoms with Gasteiger partial charge in [-0.1, -0.05) is 42.5 Å². The van der Waals surface area contributed by atoms with E-state index in [1.165, 1.54) is 12.1 Å². The van der Waals surface area contributed by atoms with E-state index in [2.05, 4.69) is 10.2 Å². The number of carbonyl (C=O) groups is 2. The molecule has 2 amide bonds. The Labute approximate surface area is 234 Å². The van der Waals surface area contributed by atoms with Crippen LogP contribution in [0.1, 0.15) is 56.7 Å². The number of nitrogens with zero attached hydrogens (tertiary/aromatic N) is 2. The quantitative estimate of drug-likeness (QED) is 0.421. The van der Waals surface area contributed by atoms with Crippen LogP contribution in [0.3, 0.4) is 0 Å². The number of benzene rings is 2. The molecular formula is C29H38F3N3O4S. The summed E-state index contributed by atoms with van der Waals surface area (Å²) in [5.41, 5.74) is 1.51. The number of nitrogens with one attached hydrogen (secondary N) is 1. The second-order valence-electron chi connectivity index (χ2n) is 10.4. The largest absolute Gasteiger partial charge is 0.397 e. The average Bonchev–Trinajstić information content (AvgIpc) is 2.88. The first kappa shape index (κ1) is 31.6. The summed E-state index contributed by atoms with van der Waals surface area (Å²) >= 11 is 0. The highest BCUT2D eigenvalue weighted by molar-refractivity contribution is 7.90. The second-order valence-corrected chi connectivity index (χ2v) is 12.5. The molecule has 220 valence electrons. The fraction of sp³-hybridized carbons (Fsp3) is 0.517. The van der Waals surface area contributed by atoms with Crippen molar-refractivity contribution in [2.75, 3.05) is 25.9 Å². The molecule has 1 heterocycles. The lowest BCUT2D eigenvalue weighted by atomic mass is 9.95. The third-order valence-corrected chi connectivity index (χ3v) is 8.53. The van der Waals surface area contributed by atoms with Gasteiger partial charge >= 0.3 is 6.18 Å². The summed E-state index contributed by atoms with van der Waals surface area (Å²) in [5, 5.41) is 2.57. The number of halogens is 3. The number of likely N-dealkylation sites (tertiary alicyclic amines) is 1. The SMILES string of the molecule is CCN(C(=O)Cc1ccc(S(C)(=O)=O)cc1)C1CCN([C@@H](C)CC(NC(=O)CC(F)(F)F)c2ccccc2)CC1. The summed E-state index contributed by atoms with van der Waals surface area (Å²) in [7, 11) is -3.30. The highest BCUT2D eigenvalue weighted by Gasteiger charge is 2.33. The van der Waals surface area contributed by atoms with E-state index in [1.54, 1.807) is 36.4 Å². The maximum atomic E-state index is 13.1. The zero-order valence-corrected chi connectivity index (χ0v) is 24.0. The van der Waals surface area contributed by atoms with E-state index in [1.807, 2.05) is 24.8 Å². The van der Waals surface area contributed by atoms with Crippen molar-refractivity contribution in [2.24, 2.45) is 0 Å². The Morgan fingerprint density at radius 3 is 2.17 bits per heavy atom. The van der Waals surface area contributed by atoms with Crippen LogP contribution in [0.15, 0.2) is 59.5 Å². The highest BCUT2D eigenvalue weighted by atomic mass is 32.2. The van der Waals surface area contributed by atoms with Gasteiger partial charge in [0.2, 0.25) is 11.8 Å². The Hall–Kier alpha value is -2.92. The topological polar surface area (TPSA) is 86.8 Å². The zero-order chi connectivity index (χ0) is 29.5. The Morgan fingerprint density at radius 1 is 1.05 bits per heavy atom. The third-order valence-electron chi connectivity index (χ3n) is 7.41. The number of carbonyl (C=O) groups excluding carboxylic acids is 2. The summed E-state index contributed by atoms with van der Waals surface area (Å²) in [6.45, 7) is 5.94. The van der Waals surface area contributed by atoms with Gasteiger partial charge in [-0.3, -0.25) is 9.59 Å². The molecule has 0 bridgehead atoms. The van der Waals surface area contributed by atoms with Crippen molar-refractivity contribution in [1.29, 1.82) is 0 Å². The van der Waals surface area contributed by atoms with Crippen molar-refractivity contribution in [2.45, 2.75) is 75.1 Å². The Bertz CT molecular complexity index is 1230. The lowest BCUT2D eigenvalue weighted by Gasteiger charge is -2.41. The monoisotopic (exact) mass is 581 g/mol. The van der Waals surface area contributed by atoms with Crippen molar-refractivity contribution in [3.05, 3.63) is 65.7 Å². The van der Waals surface area contributed by atoms with E-state index in [0.717, 1.165) is 43.3 Å². The maximum Gasteiger partial charge on any atom is 0.397 e. The van der Waals surface area contributed by atoms with Crippen LogP contribution >= 0.6 is 0 Å². The normalized spacial score (nSPS) is 16.8. The van der Waals surface area contributed by atoms with Crippen LogP contribution in [0.2, 0.25) is 0 Å². The van der Waals surface area contributed by atoms with Crippen molar-refractivity contribution in [3.63, 3.8) is 0 Å². The van der Waals surface area contributed by atoms with Crippen LogP contribution in [-0.2, 0) is 25.8 Å². The van der Waals surface area contributed by atoms with Gasteiger partial charge in [0.05, 0.1) is 17.4 Å². The summed E-state index contributed by atoms with van der Waals surface area (Å²) in [6, 6.07) is 14.9. The van der Waals surface area contributed by atoms with Gasteiger partial charge in [0.25, 0.3) is 0 Å². The van der Waals surface area contributed by atoms with Crippen molar-refractivity contribution in [3.8, 4) is 0 Å². The van der Waals surface area contributed by atoms with E-state index in [9.17, 15) is 31.2 Å². The Balaban J connectivity index is 1.58. The molecule has 0 aromatic heterocycles. The average molecular weight is 582 g/mol. The minimum absolute atomic E-state index is 0.00326. The number of sulfone groups is 1. The minimum atomic E-state index is -4.57. The molecule has 11 heteroatoms. The fourth-order valence-corrected chi connectivity index (χ4v) is 5.92. The van der Waals surface area contributed by atoms with Crippen LogP contribution in [0.4, 0.5) is 13.2 Å². The van der Waals surface area contributed by atoms with Gasteiger partial charge < -0.3 is 15.1 Å². The van der Waals surface area contributed by atoms with E-state index in [0.29, 0.717) is 13.0 Å². The molecule has 1 N–H and O–H groups in total. The smallest absolute Gasteiger partial charge is 0.349 e. The lowest BCUT2D eigenvalue weighted by Crippen LogP contribution is -2.50. The third kappa shape index (κ3) is 9.33. The fourth-order valence-electron chi connectivity index (χ4n) is 5.29. The Kier molecular flexibility index (Phi) is 10.8. The highest BCUT2D eigenvalue weighted by Crippen LogP contribution is 2.26. The van der Waals surface area contributed by atoms with Gasteiger partial charge in [0, 0.05) is 38.0 Å². The molecule has 1 unspecified atom stereocenters.